The molecular weight excluding hydrogens is 693 g/mol. The molecule has 6 rings (SSSR count). The topological polar surface area (TPSA) is 87.7 Å². The van der Waals surface area contributed by atoms with Gasteiger partial charge in [-0.1, -0.05) is 58.0 Å². The molecular formula is C40H50N6O4S2. The molecule has 276 valence electrons. The molecule has 10 nitrogen and oxygen atoms in total. The molecule has 2 aliphatic carbocycles. The number of amides is 4. The lowest BCUT2D eigenvalue weighted by atomic mass is 9.74. The third-order valence-electron chi connectivity index (χ3n) is 10.3. The summed E-state index contributed by atoms with van der Waals surface area (Å²) in [5.41, 5.74) is 4.18. The third-order valence-corrected chi connectivity index (χ3v) is 12.6. The first-order valence-corrected chi connectivity index (χ1v) is 20.5. The summed E-state index contributed by atoms with van der Waals surface area (Å²) in [6.45, 7) is 4.31. The Balaban J connectivity index is 1.03. The van der Waals surface area contributed by atoms with Gasteiger partial charge in [-0.15, -0.1) is 0 Å². The van der Waals surface area contributed by atoms with E-state index in [-0.39, 0.29) is 48.7 Å². The van der Waals surface area contributed by atoms with Crippen molar-refractivity contribution in [1.82, 2.24) is 24.5 Å². The molecule has 2 atom stereocenters. The number of carbonyl (C=O) groups is 4. The minimum Gasteiger partial charge on any atom is -0.374 e. The van der Waals surface area contributed by atoms with E-state index >= 15 is 0 Å². The highest BCUT2D eigenvalue weighted by atomic mass is 33.1. The summed E-state index contributed by atoms with van der Waals surface area (Å²) in [6, 6.07) is 9.62. The van der Waals surface area contributed by atoms with Gasteiger partial charge in [0.1, 0.15) is 0 Å². The Labute approximate surface area is 315 Å². The fourth-order valence-electron chi connectivity index (χ4n) is 7.60. The molecule has 2 unspecified atom stereocenters. The van der Waals surface area contributed by atoms with Crippen LogP contribution in [0, 0.1) is 5.92 Å². The summed E-state index contributed by atoms with van der Waals surface area (Å²) in [6.07, 6.45) is 12.0. The van der Waals surface area contributed by atoms with Gasteiger partial charge in [0.05, 0.1) is 0 Å². The van der Waals surface area contributed by atoms with Crippen molar-refractivity contribution >= 4 is 61.7 Å². The maximum atomic E-state index is 13.7. The number of anilines is 1. The van der Waals surface area contributed by atoms with E-state index in [1.54, 1.807) is 0 Å². The van der Waals surface area contributed by atoms with Crippen molar-refractivity contribution in [3.8, 4) is 0 Å². The molecule has 2 aromatic rings. The first-order valence-electron chi connectivity index (χ1n) is 18.0. The first kappa shape index (κ1) is 38.1. The smallest absolute Gasteiger partial charge is 0.261 e. The molecule has 12 heteroatoms. The largest absolute Gasteiger partial charge is 0.374 e. The van der Waals surface area contributed by atoms with Crippen LogP contribution < -0.4 is 4.90 Å². The van der Waals surface area contributed by atoms with Gasteiger partial charge in [0.15, 0.2) is 0 Å². The first-order chi connectivity index (χ1) is 25.0. The number of nitrogens with zero attached hydrogens (tertiary/aromatic N) is 6. The maximum absolute atomic E-state index is 13.7. The van der Waals surface area contributed by atoms with Gasteiger partial charge in [0.2, 0.25) is 0 Å². The molecule has 52 heavy (non-hydrogen) atoms. The van der Waals surface area contributed by atoms with E-state index in [2.05, 4.69) is 74.0 Å². The fourth-order valence-corrected chi connectivity index (χ4v) is 9.51. The molecule has 0 bridgehead atoms. The SMILES string of the molecule is CN(C)CCCN(C)c1ccc2c3c(cccc13)C(=O)N(CCSSCCN1C(=O)C3=CC=CC4C3=C(C=CC4N(C)CCCN(C)C)C1=O)C2=O. The highest BCUT2D eigenvalue weighted by Crippen LogP contribution is 2.41. The van der Waals surface area contributed by atoms with E-state index in [4.69, 9.17) is 0 Å². The lowest BCUT2D eigenvalue weighted by Crippen LogP contribution is -2.49. The number of imide groups is 2. The number of rotatable bonds is 17. The molecule has 0 saturated carbocycles. The molecule has 4 aliphatic rings. The normalized spacial score (nSPS) is 19.6. The predicted molar refractivity (Wildman–Crippen MR) is 214 cm³/mol. The molecule has 2 aromatic carbocycles. The van der Waals surface area contributed by atoms with Crippen LogP contribution in [0.5, 0.6) is 0 Å². The second-order valence-corrected chi connectivity index (χ2v) is 17.1. The number of allylic oxidation sites excluding steroid dienone is 2. The highest BCUT2D eigenvalue weighted by Gasteiger charge is 2.43. The molecule has 2 aliphatic heterocycles. The Hall–Kier alpha value is -3.68. The molecule has 0 spiro atoms. The van der Waals surface area contributed by atoms with Crippen LogP contribution in [0.4, 0.5) is 5.69 Å². The van der Waals surface area contributed by atoms with Gasteiger partial charge >= 0.3 is 0 Å². The van der Waals surface area contributed by atoms with Crippen molar-refractivity contribution in [2.45, 2.75) is 18.9 Å². The van der Waals surface area contributed by atoms with E-state index in [1.165, 1.54) is 31.4 Å². The van der Waals surface area contributed by atoms with E-state index in [1.807, 2.05) is 48.6 Å². The van der Waals surface area contributed by atoms with Crippen LogP contribution in [-0.2, 0) is 9.59 Å². The Bertz CT molecular complexity index is 1840. The van der Waals surface area contributed by atoms with Gasteiger partial charge in [0.25, 0.3) is 23.6 Å². The van der Waals surface area contributed by atoms with E-state index in [0.717, 1.165) is 61.1 Å². The average molecular weight is 743 g/mol. The molecule has 0 fully saturated rings. The van der Waals surface area contributed by atoms with Crippen molar-refractivity contribution in [2.75, 3.05) is 98.0 Å². The third kappa shape index (κ3) is 7.68. The zero-order valence-corrected chi connectivity index (χ0v) is 32.8. The van der Waals surface area contributed by atoms with Crippen LogP contribution in [0.15, 0.2) is 77.4 Å². The quantitative estimate of drug-likeness (QED) is 0.128. The Morgan fingerprint density at radius 3 is 2.00 bits per heavy atom. The van der Waals surface area contributed by atoms with Gasteiger partial charge in [-0.2, -0.15) is 0 Å². The summed E-state index contributed by atoms with van der Waals surface area (Å²) in [5, 5.41) is 1.65. The van der Waals surface area contributed by atoms with Crippen LogP contribution in [0.3, 0.4) is 0 Å². The molecule has 0 saturated heterocycles. The van der Waals surface area contributed by atoms with E-state index in [0.29, 0.717) is 33.8 Å². The maximum Gasteiger partial charge on any atom is 0.261 e. The number of hydrogen-bond donors (Lipinski definition) is 0. The molecule has 0 aromatic heterocycles. The lowest BCUT2D eigenvalue weighted by Gasteiger charge is -2.41. The van der Waals surface area contributed by atoms with Crippen LogP contribution in [0.1, 0.15) is 33.6 Å². The number of carbonyl (C=O) groups excluding carboxylic acids is 4. The van der Waals surface area contributed by atoms with Crippen molar-refractivity contribution in [3.05, 3.63) is 88.6 Å². The van der Waals surface area contributed by atoms with Crippen LogP contribution in [0.25, 0.3) is 10.8 Å². The summed E-state index contributed by atoms with van der Waals surface area (Å²) < 4.78 is 0. The monoisotopic (exact) mass is 742 g/mol. The van der Waals surface area contributed by atoms with Crippen molar-refractivity contribution < 1.29 is 19.2 Å². The number of hydrogen-bond acceptors (Lipinski definition) is 10. The minimum atomic E-state index is -0.273. The summed E-state index contributed by atoms with van der Waals surface area (Å²) in [4.78, 5) is 66.1. The van der Waals surface area contributed by atoms with Gasteiger partial charge in [-0.25, -0.2) is 0 Å². The molecule has 0 radical (unpaired) electrons. The fraction of sp³-hybridized carbons (Fsp3) is 0.450. The van der Waals surface area contributed by atoms with Crippen LogP contribution in [-0.4, -0.2) is 147 Å². The minimum absolute atomic E-state index is 0.0371. The van der Waals surface area contributed by atoms with E-state index in [9.17, 15) is 19.2 Å². The average Bonchev–Trinajstić information content (AvgIpc) is 3.12. The highest BCUT2D eigenvalue weighted by molar-refractivity contribution is 8.76. The summed E-state index contributed by atoms with van der Waals surface area (Å²) >= 11 is 0. The van der Waals surface area contributed by atoms with Gasteiger partial charge in [-0.05, 0) is 97.6 Å². The Morgan fingerprint density at radius 1 is 0.692 bits per heavy atom. The number of likely N-dealkylation sites (N-methyl/N-ethyl adjacent to an activating group) is 1. The van der Waals surface area contributed by atoms with Crippen molar-refractivity contribution in [1.29, 1.82) is 0 Å². The molecule has 2 heterocycles. The predicted octanol–water partition coefficient (Wildman–Crippen LogP) is 4.80. The second-order valence-electron chi connectivity index (χ2n) is 14.4. The van der Waals surface area contributed by atoms with Gasteiger partial charge in [0, 0.05) is 88.9 Å². The Kier molecular flexibility index (Phi) is 12.1. The van der Waals surface area contributed by atoms with Crippen molar-refractivity contribution in [3.63, 3.8) is 0 Å². The zero-order valence-electron chi connectivity index (χ0n) is 31.1. The zero-order chi connectivity index (χ0) is 37.1. The van der Waals surface area contributed by atoms with Crippen molar-refractivity contribution in [2.24, 2.45) is 5.92 Å². The Morgan fingerprint density at radius 2 is 1.33 bits per heavy atom. The standard InChI is InChI=1S/C40H50N6O4S2/c1-41(2)19-9-21-43(5)33-17-15-31-35-27(33)11-7-13-29(35)37(47)45(39(31)49)23-25-51-52-26-24-46-38(48)30-14-8-12-28-34(44(6)22-10-20-42(3)4)18-16-32(36(28)30)40(46)50/h7-8,11-18,27,33H,9-10,19-26H2,1-6H3. The molecule has 0 N–H and O–H groups in total. The van der Waals surface area contributed by atoms with Gasteiger partial charge < -0.3 is 14.7 Å². The van der Waals surface area contributed by atoms with E-state index < -0.39 is 0 Å². The summed E-state index contributed by atoms with van der Waals surface area (Å²) in [5.74, 6) is -0.00363. The van der Waals surface area contributed by atoms with Crippen LogP contribution >= 0.6 is 21.6 Å². The number of benzene rings is 2. The lowest BCUT2D eigenvalue weighted by molar-refractivity contribution is -0.140. The van der Waals surface area contributed by atoms with Crippen LogP contribution in [0.2, 0.25) is 0 Å². The molecule has 4 amide bonds. The van der Waals surface area contributed by atoms with Gasteiger partial charge in [-0.3, -0.25) is 33.9 Å². The summed E-state index contributed by atoms with van der Waals surface area (Å²) in [7, 11) is 15.5. The second kappa shape index (κ2) is 16.6.